The summed E-state index contributed by atoms with van der Waals surface area (Å²) in [5, 5.41) is 23.5. The van der Waals surface area contributed by atoms with E-state index in [1.807, 2.05) is 18.2 Å². The molecule has 0 spiro atoms. The molecule has 0 saturated heterocycles. The van der Waals surface area contributed by atoms with Crippen LogP contribution in [0.3, 0.4) is 0 Å². The van der Waals surface area contributed by atoms with Crippen molar-refractivity contribution in [2.45, 2.75) is 13.0 Å². The maximum absolute atomic E-state index is 12.1. The highest BCUT2D eigenvalue weighted by Crippen LogP contribution is 2.12. The monoisotopic (exact) mass is 365 g/mol. The number of carboxylic acid groups (broad SMARTS) is 1. The van der Waals surface area contributed by atoms with Crippen molar-refractivity contribution in [2.75, 3.05) is 12.4 Å². The summed E-state index contributed by atoms with van der Waals surface area (Å²) in [6, 6.07) is 15.8. The van der Waals surface area contributed by atoms with Crippen molar-refractivity contribution in [3.63, 3.8) is 0 Å². The smallest absolute Gasteiger partial charge is 0.307 e. The molecular formula is C20H19N3O4. The van der Waals surface area contributed by atoms with Crippen LogP contribution in [-0.2, 0) is 22.6 Å². The molecule has 0 saturated carbocycles. The number of rotatable bonds is 8. The van der Waals surface area contributed by atoms with Crippen molar-refractivity contribution in [1.82, 2.24) is 5.32 Å². The fraction of sp³-hybridized carbons (Fsp3) is 0.150. The molecule has 7 nitrogen and oxygen atoms in total. The number of methoxy groups -OCH3 is 1. The predicted octanol–water partition coefficient (Wildman–Crippen LogP) is 2.46. The lowest BCUT2D eigenvalue weighted by Gasteiger charge is -2.07. The van der Waals surface area contributed by atoms with Gasteiger partial charge in [-0.1, -0.05) is 24.3 Å². The lowest BCUT2D eigenvalue weighted by molar-refractivity contribution is -0.136. The number of hydrogen-bond donors (Lipinski definition) is 3. The molecule has 0 unspecified atom stereocenters. The Morgan fingerprint density at radius 1 is 1.11 bits per heavy atom. The molecule has 3 N–H and O–H groups in total. The molecule has 0 heterocycles. The molecule has 138 valence electrons. The first-order valence-corrected chi connectivity index (χ1v) is 8.10. The number of carboxylic acids is 1. The van der Waals surface area contributed by atoms with E-state index in [9.17, 15) is 14.9 Å². The van der Waals surface area contributed by atoms with E-state index in [1.54, 1.807) is 43.5 Å². The second kappa shape index (κ2) is 9.63. The van der Waals surface area contributed by atoms with E-state index in [-0.39, 0.29) is 18.5 Å². The molecule has 0 radical (unpaired) electrons. The minimum absolute atomic E-state index is 0.0622. The van der Waals surface area contributed by atoms with Crippen LogP contribution in [0.2, 0.25) is 0 Å². The number of benzene rings is 2. The SMILES string of the molecule is COc1ccc(CNC(=O)/C(C#N)=C\Nc2ccc(CC(=O)O)cc2)cc1. The Kier molecular flexibility index (Phi) is 6.97. The summed E-state index contributed by atoms with van der Waals surface area (Å²) in [6.07, 6.45) is 1.25. The number of carbonyl (C=O) groups is 2. The summed E-state index contributed by atoms with van der Waals surface area (Å²) >= 11 is 0. The molecule has 0 aliphatic carbocycles. The summed E-state index contributed by atoms with van der Waals surface area (Å²) in [6.45, 7) is 0.283. The van der Waals surface area contributed by atoms with Gasteiger partial charge in [0.1, 0.15) is 17.4 Å². The van der Waals surface area contributed by atoms with Crippen LogP contribution in [0.15, 0.2) is 60.3 Å². The minimum Gasteiger partial charge on any atom is -0.497 e. The van der Waals surface area contributed by atoms with Gasteiger partial charge in [-0.2, -0.15) is 5.26 Å². The van der Waals surface area contributed by atoms with Crippen molar-refractivity contribution in [3.05, 3.63) is 71.4 Å². The van der Waals surface area contributed by atoms with Gasteiger partial charge in [0.15, 0.2) is 0 Å². The summed E-state index contributed by atoms with van der Waals surface area (Å²) in [7, 11) is 1.58. The van der Waals surface area contributed by atoms with E-state index in [4.69, 9.17) is 9.84 Å². The maximum Gasteiger partial charge on any atom is 0.307 e. The number of nitrogens with one attached hydrogen (secondary N) is 2. The highest BCUT2D eigenvalue weighted by atomic mass is 16.5. The number of aliphatic carboxylic acids is 1. The maximum atomic E-state index is 12.1. The average molecular weight is 365 g/mol. The number of carbonyl (C=O) groups excluding carboxylic acids is 1. The zero-order chi connectivity index (χ0) is 19.6. The molecule has 2 aromatic rings. The summed E-state index contributed by atoms with van der Waals surface area (Å²) in [5.74, 6) is -0.680. The van der Waals surface area contributed by atoms with Crippen molar-refractivity contribution >= 4 is 17.6 Å². The molecule has 0 aromatic heterocycles. The van der Waals surface area contributed by atoms with Crippen molar-refractivity contribution < 1.29 is 19.4 Å². The Morgan fingerprint density at radius 3 is 2.30 bits per heavy atom. The zero-order valence-corrected chi connectivity index (χ0v) is 14.7. The predicted molar refractivity (Wildman–Crippen MR) is 99.9 cm³/mol. The van der Waals surface area contributed by atoms with Crippen LogP contribution in [0, 0.1) is 11.3 Å². The van der Waals surface area contributed by atoms with Gasteiger partial charge >= 0.3 is 5.97 Å². The van der Waals surface area contributed by atoms with Crippen molar-refractivity contribution in [2.24, 2.45) is 0 Å². The van der Waals surface area contributed by atoms with E-state index in [1.165, 1.54) is 6.20 Å². The van der Waals surface area contributed by atoms with E-state index in [0.717, 1.165) is 11.3 Å². The molecule has 0 aliphatic rings. The highest BCUT2D eigenvalue weighted by Gasteiger charge is 2.08. The zero-order valence-electron chi connectivity index (χ0n) is 14.7. The van der Waals surface area contributed by atoms with Gasteiger partial charge in [-0.3, -0.25) is 9.59 Å². The van der Waals surface area contributed by atoms with Gasteiger partial charge in [0.05, 0.1) is 13.5 Å². The topological polar surface area (TPSA) is 111 Å². The summed E-state index contributed by atoms with van der Waals surface area (Å²) < 4.78 is 5.07. The van der Waals surface area contributed by atoms with Crippen LogP contribution >= 0.6 is 0 Å². The summed E-state index contributed by atoms with van der Waals surface area (Å²) in [5.41, 5.74) is 2.11. The molecular weight excluding hydrogens is 346 g/mol. The standard InChI is InChI=1S/C20H19N3O4/c1-27-18-8-4-15(5-9-18)12-23-20(26)16(11-21)13-22-17-6-2-14(3-7-17)10-19(24)25/h2-9,13,22H,10,12H2,1H3,(H,23,26)(H,24,25)/b16-13-. The first kappa shape index (κ1) is 19.5. The van der Waals surface area contributed by atoms with E-state index < -0.39 is 11.9 Å². The fourth-order valence-corrected chi connectivity index (χ4v) is 2.22. The lowest BCUT2D eigenvalue weighted by atomic mass is 10.1. The molecule has 0 bridgehead atoms. The Morgan fingerprint density at radius 2 is 1.74 bits per heavy atom. The Balaban J connectivity index is 1.93. The number of amides is 1. The van der Waals surface area contributed by atoms with E-state index >= 15 is 0 Å². The van der Waals surface area contributed by atoms with Gasteiger partial charge in [0, 0.05) is 18.4 Å². The number of nitrogens with zero attached hydrogens (tertiary/aromatic N) is 1. The van der Waals surface area contributed by atoms with Gasteiger partial charge in [-0.25, -0.2) is 0 Å². The molecule has 27 heavy (non-hydrogen) atoms. The second-order valence-corrected chi connectivity index (χ2v) is 5.61. The fourth-order valence-electron chi connectivity index (χ4n) is 2.22. The Labute approximate surface area is 156 Å². The van der Waals surface area contributed by atoms with Gasteiger partial charge < -0.3 is 20.5 Å². The van der Waals surface area contributed by atoms with Crippen LogP contribution in [0.4, 0.5) is 5.69 Å². The first-order valence-electron chi connectivity index (χ1n) is 8.10. The molecule has 2 rings (SSSR count). The van der Waals surface area contributed by atoms with Crippen LogP contribution in [0.5, 0.6) is 5.75 Å². The molecule has 0 fully saturated rings. The van der Waals surface area contributed by atoms with Crippen molar-refractivity contribution in [3.8, 4) is 11.8 Å². The minimum atomic E-state index is -0.907. The third-order valence-electron chi connectivity index (χ3n) is 3.67. The van der Waals surface area contributed by atoms with Crippen molar-refractivity contribution in [1.29, 1.82) is 5.26 Å². The third-order valence-corrected chi connectivity index (χ3v) is 3.67. The van der Waals surface area contributed by atoms with Crippen LogP contribution in [0.25, 0.3) is 0 Å². The molecule has 0 aliphatic heterocycles. The average Bonchev–Trinajstić information content (AvgIpc) is 2.68. The quantitative estimate of drug-likeness (QED) is 0.489. The van der Waals surface area contributed by atoms with E-state index in [0.29, 0.717) is 11.3 Å². The Bertz CT molecular complexity index is 866. The van der Waals surface area contributed by atoms with Gasteiger partial charge in [-0.05, 0) is 35.4 Å². The molecule has 0 atom stereocenters. The number of anilines is 1. The van der Waals surface area contributed by atoms with Gasteiger partial charge in [0.25, 0.3) is 5.91 Å². The van der Waals surface area contributed by atoms with Crippen LogP contribution in [0.1, 0.15) is 11.1 Å². The number of ether oxygens (including phenoxy) is 1. The third kappa shape index (κ3) is 6.21. The normalized spacial score (nSPS) is 10.6. The largest absolute Gasteiger partial charge is 0.497 e. The lowest BCUT2D eigenvalue weighted by Crippen LogP contribution is -2.24. The van der Waals surface area contributed by atoms with Gasteiger partial charge in [-0.15, -0.1) is 0 Å². The van der Waals surface area contributed by atoms with E-state index in [2.05, 4.69) is 10.6 Å². The Hall–Kier alpha value is -3.79. The first-order chi connectivity index (χ1) is 13.0. The second-order valence-electron chi connectivity index (χ2n) is 5.61. The van der Waals surface area contributed by atoms with Crippen LogP contribution < -0.4 is 15.4 Å². The molecule has 1 amide bonds. The van der Waals surface area contributed by atoms with Gasteiger partial charge in [0.2, 0.25) is 0 Å². The molecule has 2 aromatic carbocycles. The number of hydrogen-bond acceptors (Lipinski definition) is 5. The summed E-state index contributed by atoms with van der Waals surface area (Å²) in [4.78, 5) is 22.8. The van der Waals surface area contributed by atoms with Crippen LogP contribution in [-0.4, -0.2) is 24.1 Å². The number of nitriles is 1. The highest BCUT2D eigenvalue weighted by molar-refractivity contribution is 5.97. The molecule has 7 heteroatoms.